The molecule has 1 aromatic carbocycles. The summed E-state index contributed by atoms with van der Waals surface area (Å²) in [7, 11) is -2.31. The Morgan fingerprint density at radius 1 is 1.37 bits per heavy atom. The zero-order chi connectivity index (χ0) is 14.6. The summed E-state index contributed by atoms with van der Waals surface area (Å²) in [6.45, 7) is 1.63. The Morgan fingerprint density at radius 2 is 1.95 bits per heavy atom. The van der Waals surface area contributed by atoms with Crippen LogP contribution in [-0.2, 0) is 14.8 Å². The summed E-state index contributed by atoms with van der Waals surface area (Å²) >= 11 is 0. The number of phenols is 1. The standard InChI is InChI=1S/C12H17NO5S/c1-9(10-5-3-4-6-11(10)14)13(2)19(17,18)8-7-12(15)16/h3-6,9,14H,7-8H2,1-2H3,(H,15,16). The molecular formula is C12H17NO5S. The second-order valence-corrected chi connectivity index (χ2v) is 6.36. The van der Waals surface area contributed by atoms with Crippen LogP contribution in [0.1, 0.15) is 24.9 Å². The highest BCUT2D eigenvalue weighted by Gasteiger charge is 2.26. The van der Waals surface area contributed by atoms with Gasteiger partial charge in [-0.1, -0.05) is 18.2 Å². The minimum absolute atomic E-state index is 0.00952. The van der Waals surface area contributed by atoms with Crippen molar-refractivity contribution in [2.45, 2.75) is 19.4 Å². The smallest absolute Gasteiger partial charge is 0.304 e. The average Bonchev–Trinajstić information content (AvgIpc) is 2.35. The third-order valence-electron chi connectivity index (χ3n) is 2.94. The molecule has 19 heavy (non-hydrogen) atoms. The van der Waals surface area contributed by atoms with Crippen LogP contribution in [0.2, 0.25) is 0 Å². The van der Waals surface area contributed by atoms with Crippen molar-refractivity contribution < 1.29 is 23.4 Å². The van der Waals surface area contributed by atoms with Crippen LogP contribution in [-0.4, -0.2) is 41.7 Å². The van der Waals surface area contributed by atoms with E-state index in [1.54, 1.807) is 25.1 Å². The van der Waals surface area contributed by atoms with Crippen molar-refractivity contribution in [2.75, 3.05) is 12.8 Å². The SMILES string of the molecule is CC(c1ccccc1O)N(C)S(=O)(=O)CCC(=O)O. The number of carboxylic acids is 1. The maximum absolute atomic E-state index is 11.9. The molecule has 0 radical (unpaired) electrons. The van der Waals surface area contributed by atoms with Gasteiger partial charge in [0.25, 0.3) is 0 Å². The Bertz CT molecular complexity index is 555. The quantitative estimate of drug-likeness (QED) is 0.819. The Balaban J connectivity index is 2.91. The van der Waals surface area contributed by atoms with Crippen LogP contribution < -0.4 is 0 Å². The number of aliphatic carboxylic acids is 1. The molecule has 1 aromatic rings. The van der Waals surface area contributed by atoms with Gasteiger partial charge in [0.15, 0.2) is 0 Å². The highest BCUT2D eigenvalue weighted by atomic mass is 32.2. The van der Waals surface area contributed by atoms with Crippen molar-refractivity contribution in [3.05, 3.63) is 29.8 Å². The van der Waals surface area contributed by atoms with E-state index in [-0.39, 0.29) is 5.75 Å². The van der Waals surface area contributed by atoms with E-state index in [4.69, 9.17) is 5.11 Å². The Kier molecular flexibility index (Phi) is 4.90. The highest BCUT2D eigenvalue weighted by molar-refractivity contribution is 7.89. The highest BCUT2D eigenvalue weighted by Crippen LogP contribution is 2.28. The zero-order valence-corrected chi connectivity index (χ0v) is 11.6. The molecule has 0 bridgehead atoms. The van der Waals surface area contributed by atoms with Gasteiger partial charge in [0, 0.05) is 12.6 Å². The molecule has 106 valence electrons. The summed E-state index contributed by atoms with van der Waals surface area (Å²) in [4.78, 5) is 10.4. The predicted molar refractivity (Wildman–Crippen MR) is 70.3 cm³/mol. The van der Waals surface area contributed by atoms with Crippen molar-refractivity contribution >= 4 is 16.0 Å². The molecule has 1 rings (SSSR count). The van der Waals surface area contributed by atoms with Gasteiger partial charge >= 0.3 is 5.97 Å². The molecule has 2 N–H and O–H groups in total. The van der Waals surface area contributed by atoms with Gasteiger partial charge in [-0.15, -0.1) is 0 Å². The monoisotopic (exact) mass is 287 g/mol. The van der Waals surface area contributed by atoms with E-state index in [1.165, 1.54) is 13.1 Å². The van der Waals surface area contributed by atoms with Crippen LogP contribution in [0.4, 0.5) is 0 Å². The first-order chi connectivity index (χ1) is 8.75. The van der Waals surface area contributed by atoms with Gasteiger partial charge in [-0.25, -0.2) is 8.42 Å². The molecule has 0 amide bonds. The molecule has 0 aliphatic carbocycles. The number of aromatic hydroxyl groups is 1. The number of hydrogen-bond donors (Lipinski definition) is 2. The van der Waals surface area contributed by atoms with Crippen LogP contribution in [0.5, 0.6) is 5.75 Å². The van der Waals surface area contributed by atoms with Crippen LogP contribution in [0.15, 0.2) is 24.3 Å². The second kappa shape index (κ2) is 6.03. The predicted octanol–water partition coefficient (Wildman–Crippen LogP) is 1.19. The summed E-state index contributed by atoms with van der Waals surface area (Å²) in [5.74, 6) is -1.61. The third kappa shape index (κ3) is 3.93. The number of hydrogen-bond acceptors (Lipinski definition) is 4. The number of para-hydroxylation sites is 1. The van der Waals surface area contributed by atoms with Gasteiger partial charge in [0.1, 0.15) is 5.75 Å². The first kappa shape index (κ1) is 15.5. The van der Waals surface area contributed by atoms with E-state index in [0.717, 1.165) is 4.31 Å². The maximum atomic E-state index is 11.9. The average molecular weight is 287 g/mol. The van der Waals surface area contributed by atoms with Crippen molar-refractivity contribution in [3.8, 4) is 5.75 Å². The van der Waals surface area contributed by atoms with Crippen molar-refractivity contribution in [1.29, 1.82) is 0 Å². The number of rotatable bonds is 6. The number of phenolic OH excluding ortho intramolecular Hbond substituents is 1. The Morgan fingerprint density at radius 3 is 2.47 bits per heavy atom. The Hall–Kier alpha value is -1.60. The van der Waals surface area contributed by atoms with Crippen LogP contribution in [0, 0.1) is 0 Å². The molecule has 0 saturated carbocycles. The first-order valence-electron chi connectivity index (χ1n) is 5.71. The van der Waals surface area contributed by atoms with Gasteiger partial charge in [0.2, 0.25) is 10.0 Å². The van der Waals surface area contributed by atoms with Crippen molar-refractivity contribution in [2.24, 2.45) is 0 Å². The van der Waals surface area contributed by atoms with Crippen molar-refractivity contribution in [3.63, 3.8) is 0 Å². The lowest BCUT2D eigenvalue weighted by Crippen LogP contribution is -2.32. The fourth-order valence-electron chi connectivity index (χ4n) is 1.64. The molecule has 0 spiro atoms. The van der Waals surface area contributed by atoms with E-state index in [2.05, 4.69) is 0 Å². The molecule has 0 aromatic heterocycles. The van der Waals surface area contributed by atoms with Gasteiger partial charge in [0.05, 0.1) is 18.2 Å². The topological polar surface area (TPSA) is 94.9 Å². The third-order valence-corrected chi connectivity index (χ3v) is 4.86. The zero-order valence-electron chi connectivity index (χ0n) is 10.8. The van der Waals surface area contributed by atoms with Gasteiger partial charge in [-0.05, 0) is 13.0 Å². The molecule has 7 heteroatoms. The molecular weight excluding hydrogens is 270 g/mol. The number of carboxylic acid groups (broad SMARTS) is 1. The minimum Gasteiger partial charge on any atom is -0.508 e. The van der Waals surface area contributed by atoms with Gasteiger partial charge in [-0.2, -0.15) is 4.31 Å². The van der Waals surface area contributed by atoms with Crippen molar-refractivity contribution in [1.82, 2.24) is 4.31 Å². The molecule has 0 saturated heterocycles. The van der Waals surface area contributed by atoms with E-state index in [9.17, 15) is 18.3 Å². The van der Waals surface area contributed by atoms with E-state index in [0.29, 0.717) is 5.56 Å². The fraction of sp³-hybridized carbons (Fsp3) is 0.417. The normalized spacial score (nSPS) is 13.4. The summed E-state index contributed by atoms with van der Waals surface area (Å²) in [6.07, 6.45) is -0.444. The lowest BCUT2D eigenvalue weighted by Gasteiger charge is -2.24. The Labute approximate surface area is 112 Å². The largest absolute Gasteiger partial charge is 0.508 e. The van der Waals surface area contributed by atoms with E-state index >= 15 is 0 Å². The number of carbonyl (C=O) groups is 1. The molecule has 0 heterocycles. The van der Waals surface area contributed by atoms with Crippen LogP contribution >= 0.6 is 0 Å². The fourth-order valence-corrected chi connectivity index (χ4v) is 2.95. The molecule has 1 atom stereocenters. The lowest BCUT2D eigenvalue weighted by molar-refractivity contribution is -0.136. The minimum atomic E-state index is -3.68. The summed E-state index contributed by atoms with van der Waals surface area (Å²) in [5, 5.41) is 18.2. The summed E-state index contributed by atoms with van der Waals surface area (Å²) < 4.78 is 25.0. The van der Waals surface area contributed by atoms with E-state index in [1.807, 2.05) is 0 Å². The van der Waals surface area contributed by atoms with Crippen LogP contribution in [0.25, 0.3) is 0 Å². The van der Waals surface area contributed by atoms with Gasteiger partial charge in [-0.3, -0.25) is 4.79 Å². The number of sulfonamides is 1. The van der Waals surface area contributed by atoms with Crippen LogP contribution in [0.3, 0.4) is 0 Å². The lowest BCUT2D eigenvalue weighted by atomic mass is 10.1. The summed E-state index contributed by atoms with van der Waals surface area (Å²) in [5.41, 5.74) is 0.476. The van der Waals surface area contributed by atoms with E-state index < -0.39 is 34.2 Å². The summed E-state index contributed by atoms with van der Waals surface area (Å²) in [6, 6.07) is 5.88. The maximum Gasteiger partial charge on any atom is 0.304 e. The second-order valence-electron chi connectivity index (χ2n) is 4.21. The molecule has 0 aliphatic heterocycles. The molecule has 0 fully saturated rings. The number of benzene rings is 1. The molecule has 1 unspecified atom stereocenters. The first-order valence-corrected chi connectivity index (χ1v) is 7.32. The molecule has 6 nitrogen and oxygen atoms in total. The molecule has 0 aliphatic rings. The number of nitrogens with zero attached hydrogens (tertiary/aromatic N) is 1. The van der Waals surface area contributed by atoms with Gasteiger partial charge < -0.3 is 10.2 Å².